The van der Waals surface area contributed by atoms with Crippen LogP contribution in [0.1, 0.15) is 11.5 Å². The SMILES string of the molecule is Cc1ccnc(CC(=O)NCCON(O)O)n1. The first-order chi connectivity index (χ1) is 8.08. The second kappa shape index (κ2) is 6.86. The minimum atomic E-state index is -0.407. The van der Waals surface area contributed by atoms with E-state index in [2.05, 4.69) is 20.1 Å². The third-order valence-corrected chi connectivity index (χ3v) is 1.79. The molecule has 1 aromatic rings. The largest absolute Gasteiger partial charge is 0.353 e. The number of nitrogens with zero attached hydrogens (tertiary/aromatic N) is 3. The van der Waals surface area contributed by atoms with Crippen molar-refractivity contribution in [2.45, 2.75) is 13.3 Å². The van der Waals surface area contributed by atoms with Crippen molar-refractivity contribution >= 4 is 5.91 Å². The Morgan fingerprint density at radius 2 is 2.35 bits per heavy atom. The summed E-state index contributed by atoms with van der Waals surface area (Å²) in [5.41, 5.74) is 0.794. The third kappa shape index (κ3) is 5.88. The highest BCUT2D eigenvalue weighted by Crippen LogP contribution is 1.94. The van der Waals surface area contributed by atoms with Gasteiger partial charge in [0.1, 0.15) is 5.82 Å². The topological polar surface area (TPSA) is 108 Å². The van der Waals surface area contributed by atoms with E-state index in [-0.39, 0.29) is 25.5 Å². The van der Waals surface area contributed by atoms with Gasteiger partial charge in [0.25, 0.3) is 0 Å². The molecular formula is C9H14N4O4. The predicted octanol–water partition coefficient (Wildman–Crippen LogP) is -0.544. The lowest BCUT2D eigenvalue weighted by atomic mass is 10.3. The van der Waals surface area contributed by atoms with Crippen molar-refractivity contribution < 1.29 is 20.0 Å². The molecule has 1 aromatic heterocycles. The quantitative estimate of drug-likeness (QED) is 0.454. The first-order valence-electron chi connectivity index (χ1n) is 4.94. The monoisotopic (exact) mass is 242 g/mol. The van der Waals surface area contributed by atoms with Crippen molar-refractivity contribution in [2.75, 3.05) is 13.2 Å². The Kier molecular flexibility index (Phi) is 5.43. The van der Waals surface area contributed by atoms with Crippen molar-refractivity contribution in [2.24, 2.45) is 0 Å². The van der Waals surface area contributed by atoms with Crippen LogP contribution in [0.25, 0.3) is 0 Å². The van der Waals surface area contributed by atoms with E-state index in [1.807, 2.05) is 6.92 Å². The number of aryl methyl sites for hydroxylation is 1. The van der Waals surface area contributed by atoms with Crippen LogP contribution in [0, 0.1) is 6.92 Å². The number of amides is 1. The maximum absolute atomic E-state index is 11.4. The molecular weight excluding hydrogens is 228 g/mol. The molecule has 0 bridgehead atoms. The Bertz CT molecular complexity index is 372. The Balaban J connectivity index is 2.25. The summed E-state index contributed by atoms with van der Waals surface area (Å²) >= 11 is 0. The van der Waals surface area contributed by atoms with Gasteiger partial charge in [-0.15, -0.1) is 0 Å². The molecule has 0 aliphatic heterocycles. The van der Waals surface area contributed by atoms with E-state index in [1.54, 1.807) is 12.3 Å². The van der Waals surface area contributed by atoms with Crippen LogP contribution in [-0.4, -0.2) is 44.8 Å². The number of nitrogens with one attached hydrogen (secondary N) is 1. The van der Waals surface area contributed by atoms with E-state index in [0.29, 0.717) is 5.82 Å². The maximum Gasteiger partial charge on any atom is 0.227 e. The standard InChI is InChI=1S/C9H14N4O4/c1-7-2-3-10-8(12-7)6-9(14)11-4-5-17-13(15)16/h2-3,15-16H,4-6H2,1H3,(H,11,14). The van der Waals surface area contributed by atoms with Crippen LogP contribution in [0.2, 0.25) is 0 Å². The molecule has 8 heteroatoms. The molecule has 0 fully saturated rings. The Morgan fingerprint density at radius 1 is 1.59 bits per heavy atom. The van der Waals surface area contributed by atoms with Crippen molar-refractivity contribution in [3.05, 3.63) is 23.8 Å². The molecule has 1 rings (SSSR count). The van der Waals surface area contributed by atoms with Gasteiger partial charge >= 0.3 is 0 Å². The summed E-state index contributed by atoms with van der Waals surface area (Å²) in [4.78, 5) is 23.7. The van der Waals surface area contributed by atoms with Crippen molar-refractivity contribution in [3.8, 4) is 0 Å². The highest BCUT2D eigenvalue weighted by molar-refractivity contribution is 5.77. The van der Waals surface area contributed by atoms with Gasteiger partial charge in [0.2, 0.25) is 5.91 Å². The van der Waals surface area contributed by atoms with Gasteiger partial charge in [0, 0.05) is 18.4 Å². The fourth-order valence-corrected chi connectivity index (χ4v) is 1.11. The van der Waals surface area contributed by atoms with Gasteiger partial charge in [-0.2, -0.15) is 0 Å². The van der Waals surface area contributed by atoms with Gasteiger partial charge in [0.05, 0.1) is 18.4 Å². The normalized spacial score (nSPS) is 10.6. The van der Waals surface area contributed by atoms with E-state index >= 15 is 0 Å². The van der Waals surface area contributed by atoms with Gasteiger partial charge in [-0.05, 0) is 13.0 Å². The van der Waals surface area contributed by atoms with E-state index in [9.17, 15) is 4.79 Å². The molecule has 0 aliphatic rings. The van der Waals surface area contributed by atoms with Gasteiger partial charge in [0.15, 0.2) is 0 Å². The molecule has 0 saturated carbocycles. The molecule has 0 unspecified atom stereocenters. The molecule has 0 spiro atoms. The summed E-state index contributed by atoms with van der Waals surface area (Å²) in [5.74, 6) is 0.177. The van der Waals surface area contributed by atoms with Gasteiger partial charge in [-0.25, -0.2) is 14.8 Å². The third-order valence-electron chi connectivity index (χ3n) is 1.79. The Morgan fingerprint density at radius 3 is 3.00 bits per heavy atom. The predicted molar refractivity (Wildman–Crippen MR) is 54.8 cm³/mol. The van der Waals surface area contributed by atoms with Crippen LogP contribution < -0.4 is 5.32 Å². The number of hydrogen-bond donors (Lipinski definition) is 3. The van der Waals surface area contributed by atoms with Crippen LogP contribution in [0.5, 0.6) is 0 Å². The van der Waals surface area contributed by atoms with Gasteiger partial charge in [-0.3, -0.25) is 15.2 Å². The highest BCUT2D eigenvalue weighted by atomic mass is 17.1. The first-order valence-corrected chi connectivity index (χ1v) is 4.94. The molecule has 0 saturated heterocycles. The summed E-state index contributed by atoms with van der Waals surface area (Å²) in [6, 6.07) is 1.74. The number of carbonyl (C=O) groups excluding carboxylic acids is 1. The zero-order chi connectivity index (χ0) is 12.7. The summed E-state index contributed by atoms with van der Waals surface area (Å²) in [6.07, 6.45) is 1.66. The Labute approximate surface area is 97.7 Å². The average molecular weight is 242 g/mol. The van der Waals surface area contributed by atoms with Crippen LogP contribution in [0.4, 0.5) is 0 Å². The minimum Gasteiger partial charge on any atom is -0.353 e. The fourth-order valence-electron chi connectivity index (χ4n) is 1.11. The molecule has 3 N–H and O–H groups in total. The minimum absolute atomic E-state index is 0.0482. The maximum atomic E-state index is 11.4. The summed E-state index contributed by atoms with van der Waals surface area (Å²) in [7, 11) is 0. The number of carbonyl (C=O) groups is 1. The zero-order valence-corrected chi connectivity index (χ0v) is 9.33. The molecule has 94 valence electrons. The lowest BCUT2D eigenvalue weighted by Crippen LogP contribution is -2.31. The van der Waals surface area contributed by atoms with Crippen molar-refractivity contribution in [3.63, 3.8) is 0 Å². The molecule has 0 aliphatic carbocycles. The molecule has 0 aromatic carbocycles. The second-order valence-electron chi connectivity index (χ2n) is 3.23. The van der Waals surface area contributed by atoms with E-state index in [0.717, 1.165) is 5.69 Å². The summed E-state index contributed by atoms with van der Waals surface area (Å²) < 4.78 is 0. The van der Waals surface area contributed by atoms with Crippen LogP contribution in [0.15, 0.2) is 12.3 Å². The lowest BCUT2D eigenvalue weighted by molar-refractivity contribution is -0.491. The fraction of sp³-hybridized carbons (Fsp3) is 0.444. The smallest absolute Gasteiger partial charge is 0.227 e. The molecule has 0 atom stereocenters. The lowest BCUT2D eigenvalue weighted by Gasteiger charge is -2.07. The van der Waals surface area contributed by atoms with Crippen molar-refractivity contribution in [1.82, 2.24) is 20.7 Å². The number of aromatic nitrogens is 2. The van der Waals surface area contributed by atoms with E-state index in [4.69, 9.17) is 10.4 Å². The number of hydrogen-bond acceptors (Lipinski definition) is 7. The van der Waals surface area contributed by atoms with Crippen LogP contribution in [0.3, 0.4) is 0 Å². The number of rotatable bonds is 6. The van der Waals surface area contributed by atoms with E-state index in [1.165, 1.54) is 0 Å². The second-order valence-corrected chi connectivity index (χ2v) is 3.23. The Hall–Kier alpha value is -1.61. The molecule has 8 nitrogen and oxygen atoms in total. The summed E-state index contributed by atoms with van der Waals surface area (Å²) in [6.45, 7) is 1.92. The first kappa shape index (κ1) is 13.5. The van der Waals surface area contributed by atoms with Crippen molar-refractivity contribution in [1.29, 1.82) is 0 Å². The highest BCUT2D eigenvalue weighted by Gasteiger charge is 2.05. The zero-order valence-electron chi connectivity index (χ0n) is 9.33. The van der Waals surface area contributed by atoms with Gasteiger partial charge < -0.3 is 5.32 Å². The summed E-state index contributed by atoms with van der Waals surface area (Å²) in [5, 5.41) is 18.5. The molecule has 1 heterocycles. The molecule has 0 radical (unpaired) electrons. The van der Waals surface area contributed by atoms with Crippen LogP contribution in [-0.2, 0) is 16.1 Å². The van der Waals surface area contributed by atoms with Gasteiger partial charge in [-0.1, -0.05) is 0 Å². The molecule has 17 heavy (non-hydrogen) atoms. The van der Waals surface area contributed by atoms with E-state index < -0.39 is 5.39 Å². The molecule has 1 amide bonds. The van der Waals surface area contributed by atoms with Crippen LogP contribution >= 0.6 is 0 Å². The average Bonchev–Trinajstić information content (AvgIpc) is 2.24.